The fraction of sp³-hybridized carbons (Fsp3) is 0.692. The molecule has 2 atom stereocenters. The number of piperidine rings is 1. The minimum Gasteiger partial charge on any atom is -0.492 e. The highest BCUT2D eigenvalue weighted by molar-refractivity contribution is 5.86. The van der Waals surface area contributed by atoms with Crippen LogP contribution in [0, 0.1) is 11.2 Å². The summed E-state index contributed by atoms with van der Waals surface area (Å²) in [7, 11) is 0. The number of benzene rings is 1. The number of hydrogen-bond acceptors (Lipinski definition) is 5. The predicted octanol–water partition coefficient (Wildman–Crippen LogP) is 2.92. The number of morpholine rings is 1. The zero-order chi connectivity index (χ0) is 23.3. The molecule has 184 valence electrons. The molecule has 0 aromatic heterocycles. The van der Waals surface area contributed by atoms with Gasteiger partial charge in [0.15, 0.2) is 0 Å². The summed E-state index contributed by atoms with van der Waals surface area (Å²) in [6.07, 6.45) is 6.46. The molecule has 2 bridgehead atoms. The van der Waals surface area contributed by atoms with Crippen molar-refractivity contribution in [2.45, 2.75) is 75.0 Å². The van der Waals surface area contributed by atoms with Crippen molar-refractivity contribution in [1.82, 2.24) is 10.2 Å². The van der Waals surface area contributed by atoms with Gasteiger partial charge in [0.25, 0.3) is 0 Å². The third-order valence-corrected chi connectivity index (χ3v) is 8.67. The van der Waals surface area contributed by atoms with E-state index in [-0.39, 0.29) is 48.9 Å². The van der Waals surface area contributed by atoms with Crippen molar-refractivity contribution in [3.05, 3.63) is 29.6 Å². The van der Waals surface area contributed by atoms with Crippen LogP contribution in [0.15, 0.2) is 18.2 Å². The van der Waals surface area contributed by atoms with Gasteiger partial charge in [-0.3, -0.25) is 9.59 Å². The summed E-state index contributed by atoms with van der Waals surface area (Å²) in [6, 6.07) is 4.75. The normalized spacial score (nSPS) is 35.2. The van der Waals surface area contributed by atoms with E-state index in [4.69, 9.17) is 14.2 Å². The molecule has 7 nitrogen and oxygen atoms in total. The first-order valence-electron chi connectivity index (χ1n) is 12.7. The molecule has 1 N–H and O–H groups in total. The van der Waals surface area contributed by atoms with Gasteiger partial charge < -0.3 is 24.4 Å². The Bertz CT molecular complexity index is 970. The molecule has 2 saturated carbocycles. The zero-order valence-electron chi connectivity index (χ0n) is 19.5. The van der Waals surface area contributed by atoms with Crippen LogP contribution in [0.4, 0.5) is 4.39 Å². The van der Waals surface area contributed by atoms with Gasteiger partial charge in [-0.05, 0) is 69.4 Å². The number of ether oxygens (including phenoxy) is 3. The van der Waals surface area contributed by atoms with E-state index in [2.05, 4.69) is 5.32 Å². The van der Waals surface area contributed by atoms with Crippen LogP contribution in [-0.4, -0.2) is 67.4 Å². The van der Waals surface area contributed by atoms with Gasteiger partial charge in [-0.1, -0.05) is 6.07 Å². The lowest BCUT2D eigenvalue weighted by molar-refractivity contribution is -0.159. The molecule has 4 heterocycles. The molecule has 1 aromatic carbocycles. The Morgan fingerprint density at radius 2 is 1.88 bits per heavy atom. The van der Waals surface area contributed by atoms with Gasteiger partial charge in [0.05, 0.1) is 36.3 Å². The third-order valence-electron chi connectivity index (χ3n) is 8.67. The van der Waals surface area contributed by atoms with Crippen LogP contribution in [0.1, 0.15) is 62.8 Å². The number of carbonyl (C=O) groups is 2. The average Bonchev–Trinajstić information content (AvgIpc) is 3.63. The third kappa shape index (κ3) is 3.79. The minimum absolute atomic E-state index is 0.0557. The Morgan fingerprint density at radius 3 is 2.65 bits per heavy atom. The first-order valence-corrected chi connectivity index (χ1v) is 12.7. The summed E-state index contributed by atoms with van der Waals surface area (Å²) in [6.45, 7) is 1.69. The summed E-state index contributed by atoms with van der Waals surface area (Å²) < 4.78 is 33.3. The summed E-state index contributed by atoms with van der Waals surface area (Å²) in [5.41, 5.74) is -0.564. The van der Waals surface area contributed by atoms with Gasteiger partial charge in [0.1, 0.15) is 24.8 Å². The first-order chi connectivity index (χ1) is 16.5. The molecule has 2 amide bonds. The fourth-order valence-electron chi connectivity index (χ4n) is 6.54. The molecule has 2 aliphatic carbocycles. The van der Waals surface area contributed by atoms with Crippen LogP contribution in [0.2, 0.25) is 0 Å². The topological polar surface area (TPSA) is 77.1 Å². The standard InChI is InChI=1S/C26H33FN2O5/c27-19-3-1-4-20-23(19)17-5-7-18(8-6-17)33-13-21-26(16-32-14-22(30)28-26)9-2-12-29(21)24(31)25(10-11-25)15-34-20/h1,3-4,17-18,21H,2,5-16H2,(H,28,30)/t17?,18?,21-,26+/m0/s1. The largest absolute Gasteiger partial charge is 0.492 e. The lowest BCUT2D eigenvalue weighted by atomic mass is 9.79. The first kappa shape index (κ1) is 22.3. The molecule has 34 heavy (non-hydrogen) atoms. The highest BCUT2D eigenvalue weighted by atomic mass is 19.1. The summed E-state index contributed by atoms with van der Waals surface area (Å²) in [5.74, 6) is 0.355. The number of halogens is 1. The second kappa shape index (κ2) is 8.48. The van der Waals surface area contributed by atoms with E-state index in [1.165, 1.54) is 6.07 Å². The molecule has 8 heteroatoms. The van der Waals surface area contributed by atoms with E-state index in [1.54, 1.807) is 6.07 Å². The van der Waals surface area contributed by atoms with Crippen LogP contribution < -0.4 is 10.1 Å². The predicted molar refractivity (Wildman–Crippen MR) is 121 cm³/mol. The summed E-state index contributed by atoms with van der Waals surface area (Å²) in [5, 5.41) is 3.18. The van der Waals surface area contributed by atoms with Gasteiger partial charge >= 0.3 is 0 Å². The van der Waals surface area contributed by atoms with Crippen molar-refractivity contribution >= 4 is 11.8 Å². The van der Waals surface area contributed by atoms with Gasteiger partial charge in [-0.15, -0.1) is 0 Å². The zero-order valence-corrected chi connectivity index (χ0v) is 19.5. The average molecular weight is 473 g/mol. The Balaban J connectivity index is 1.35. The van der Waals surface area contributed by atoms with Crippen LogP contribution in [0.3, 0.4) is 0 Å². The second-order valence-corrected chi connectivity index (χ2v) is 10.8. The highest BCUT2D eigenvalue weighted by Gasteiger charge is 2.57. The maximum atomic E-state index is 14.9. The maximum absolute atomic E-state index is 14.9. The number of amides is 2. The van der Waals surface area contributed by atoms with Crippen LogP contribution in [0.25, 0.3) is 0 Å². The minimum atomic E-state index is -0.621. The Labute approximate surface area is 199 Å². The number of carbonyl (C=O) groups excluding carboxylic acids is 2. The molecule has 0 radical (unpaired) electrons. The molecular formula is C26H33FN2O5. The summed E-state index contributed by atoms with van der Waals surface area (Å²) >= 11 is 0. The second-order valence-electron chi connectivity index (χ2n) is 10.8. The van der Waals surface area contributed by atoms with Crippen molar-refractivity contribution < 1.29 is 28.2 Å². The van der Waals surface area contributed by atoms with E-state index >= 15 is 0 Å². The van der Waals surface area contributed by atoms with E-state index in [0.717, 1.165) is 51.4 Å². The fourth-order valence-corrected chi connectivity index (χ4v) is 6.54. The molecule has 6 aliphatic rings. The molecule has 7 rings (SSSR count). The lowest BCUT2D eigenvalue weighted by Gasteiger charge is -2.52. The molecule has 4 aliphatic heterocycles. The van der Waals surface area contributed by atoms with Crippen molar-refractivity contribution in [2.24, 2.45) is 5.41 Å². The van der Waals surface area contributed by atoms with E-state index in [1.807, 2.05) is 11.0 Å². The molecule has 2 saturated heterocycles. The Hall–Kier alpha value is -2.19. The number of fused-ring (bicyclic) bond motifs is 4. The number of nitrogens with one attached hydrogen (secondary N) is 1. The smallest absolute Gasteiger partial charge is 0.246 e. The van der Waals surface area contributed by atoms with E-state index in [9.17, 15) is 14.0 Å². The molecule has 4 fully saturated rings. The molecule has 1 aromatic rings. The van der Waals surface area contributed by atoms with Crippen LogP contribution >= 0.6 is 0 Å². The Morgan fingerprint density at radius 1 is 1.06 bits per heavy atom. The van der Waals surface area contributed by atoms with Crippen LogP contribution in [0.5, 0.6) is 5.75 Å². The molecule has 0 unspecified atom stereocenters. The van der Waals surface area contributed by atoms with Gasteiger partial charge in [-0.2, -0.15) is 0 Å². The molecular weight excluding hydrogens is 439 g/mol. The lowest BCUT2D eigenvalue weighted by Crippen LogP contribution is -2.72. The number of rotatable bonds is 0. The number of nitrogens with zero attached hydrogens (tertiary/aromatic N) is 1. The van der Waals surface area contributed by atoms with Crippen molar-refractivity contribution in [1.29, 1.82) is 0 Å². The van der Waals surface area contributed by atoms with Crippen LogP contribution in [-0.2, 0) is 19.1 Å². The SMILES string of the molecule is O=C1COC[C@@]2(CCCN3C(=O)C4(CC4)COc4cccc(F)c4C4CCC(CC4)OC[C@H]32)N1. The number of hydrogen-bond donors (Lipinski definition) is 1. The van der Waals surface area contributed by atoms with Crippen molar-refractivity contribution in [3.63, 3.8) is 0 Å². The molecule has 2 spiro atoms. The maximum Gasteiger partial charge on any atom is 0.246 e. The Kier molecular flexibility index (Phi) is 5.56. The van der Waals surface area contributed by atoms with Gasteiger partial charge in [0.2, 0.25) is 11.8 Å². The summed E-state index contributed by atoms with van der Waals surface area (Å²) in [4.78, 5) is 28.2. The van der Waals surface area contributed by atoms with Crippen molar-refractivity contribution in [3.8, 4) is 5.75 Å². The van der Waals surface area contributed by atoms with Gasteiger partial charge in [0, 0.05) is 12.1 Å². The van der Waals surface area contributed by atoms with Gasteiger partial charge in [-0.25, -0.2) is 4.39 Å². The quantitative estimate of drug-likeness (QED) is 0.628. The van der Waals surface area contributed by atoms with Crippen molar-refractivity contribution in [2.75, 3.05) is 33.0 Å². The van der Waals surface area contributed by atoms with E-state index in [0.29, 0.717) is 31.1 Å². The highest BCUT2D eigenvalue weighted by Crippen LogP contribution is 2.50. The van der Waals surface area contributed by atoms with E-state index < -0.39 is 11.0 Å². The monoisotopic (exact) mass is 472 g/mol.